The molecule has 4 aromatic rings. The van der Waals surface area contributed by atoms with Crippen molar-refractivity contribution in [3.8, 4) is 5.69 Å². The van der Waals surface area contributed by atoms with Crippen LogP contribution in [0.15, 0.2) is 48.5 Å². The summed E-state index contributed by atoms with van der Waals surface area (Å²) in [6.07, 6.45) is 0. The average molecular weight is 398 g/mol. The van der Waals surface area contributed by atoms with Crippen LogP contribution in [0, 0.1) is 12.7 Å². The van der Waals surface area contributed by atoms with Crippen molar-refractivity contribution in [2.45, 2.75) is 13.5 Å². The number of imidazole rings is 1. The van der Waals surface area contributed by atoms with Gasteiger partial charge < -0.3 is 9.88 Å². The molecule has 1 N–H and O–H groups in total. The van der Waals surface area contributed by atoms with E-state index in [0.717, 1.165) is 11.0 Å². The number of hydrogen-bond acceptors (Lipinski definition) is 3. The Labute approximate surface area is 165 Å². The highest BCUT2D eigenvalue weighted by Crippen LogP contribution is 2.25. The number of carbonyl (C=O) groups excluding carboxylic acids is 1. The first-order chi connectivity index (χ1) is 13.4. The fourth-order valence-corrected chi connectivity index (χ4v) is 3.42. The average Bonchev–Trinajstić information content (AvgIpc) is 3.21. The zero-order chi connectivity index (χ0) is 19.8. The van der Waals surface area contributed by atoms with Gasteiger partial charge in [-0.3, -0.25) is 4.79 Å². The standard InChI is InChI=1S/C20H17ClFN5O/c1-12-18(19(21)27(25-12)14-9-7-13(22)8-10-14)20(28)26(2)11-17-23-15-5-3-4-6-16(15)24-17/h3-10H,11H2,1-2H3,(H,23,24). The molecule has 8 heteroatoms. The summed E-state index contributed by atoms with van der Waals surface area (Å²) in [6.45, 7) is 2.01. The third-order valence-corrected chi connectivity index (χ3v) is 4.81. The molecule has 0 atom stereocenters. The fraction of sp³-hybridized carbons (Fsp3) is 0.150. The van der Waals surface area contributed by atoms with Gasteiger partial charge in [0.2, 0.25) is 0 Å². The minimum atomic E-state index is -0.356. The van der Waals surface area contributed by atoms with Gasteiger partial charge in [0.25, 0.3) is 5.91 Å². The van der Waals surface area contributed by atoms with E-state index in [1.165, 1.54) is 21.7 Å². The summed E-state index contributed by atoms with van der Waals surface area (Å²) in [4.78, 5) is 22.2. The van der Waals surface area contributed by atoms with E-state index in [0.29, 0.717) is 29.3 Å². The summed E-state index contributed by atoms with van der Waals surface area (Å²) in [5.74, 6) is 0.0543. The molecular formula is C20H17ClFN5O. The maximum Gasteiger partial charge on any atom is 0.259 e. The van der Waals surface area contributed by atoms with Gasteiger partial charge in [-0.1, -0.05) is 23.7 Å². The van der Waals surface area contributed by atoms with E-state index >= 15 is 0 Å². The molecule has 0 aliphatic rings. The monoisotopic (exact) mass is 397 g/mol. The van der Waals surface area contributed by atoms with E-state index in [4.69, 9.17) is 11.6 Å². The number of aryl methyl sites for hydroxylation is 1. The lowest BCUT2D eigenvalue weighted by atomic mass is 10.2. The fourth-order valence-electron chi connectivity index (χ4n) is 3.06. The van der Waals surface area contributed by atoms with E-state index in [2.05, 4.69) is 15.1 Å². The molecule has 0 spiro atoms. The van der Waals surface area contributed by atoms with Crippen LogP contribution >= 0.6 is 11.6 Å². The van der Waals surface area contributed by atoms with Gasteiger partial charge in [0.05, 0.1) is 34.5 Å². The number of carbonyl (C=O) groups is 1. The molecule has 2 aromatic carbocycles. The number of aromatic amines is 1. The van der Waals surface area contributed by atoms with Gasteiger partial charge in [0, 0.05) is 7.05 Å². The predicted molar refractivity (Wildman–Crippen MR) is 105 cm³/mol. The van der Waals surface area contributed by atoms with Gasteiger partial charge in [0.15, 0.2) is 0 Å². The number of nitrogens with one attached hydrogen (secondary N) is 1. The van der Waals surface area contributed by atoms with Crippen molar-refractivity contribution in [2.24, 2.45) is 0 Å². The molecule has 6 nitrogen and oxygen atoms in total. The first kappa shape index (κ1) is 18.2. The minimum absolute atomic E-state index is 0.186. The van der Waals surface area contributed by atoms with E-state index in [-0.39, 0.29) is 16.9 Å². The van der Waals surface area contributed by atoms with Crippen LogP contribution in [-0.2, 0) is 6.54 Å². The highest BCUT2D eigenvalue weighted by molar-refractivity contribution is 6.33. The van der Waals surface area contributed by atoms with E-state index in [1.807, 2.05) is 24.3 Å². The highest BCUT2D eigenvalue weighted by atomic mass is 35.5. The van der Waals surface area contributed by atoms with Crippen molar-refractivity contribution >= 4 is 28.5 Å². The van der Waals surface area contributed by atoms with Crippen molar-refractivity contribution in [3.05, 3.63) is 76.6 Å². The Morgan fingerprint density at radius 1 is 1.21 bits per heavy atom. The summed E-state index contributed by atoms with van der Waals surface area (Å²) in [5.41, 5.74) is 3.14. The number of fused-ring (bicyclic) bond motifs is 1. The minimum Gasteiger partial charge on any atom is -0.340 e. The predicted octanol–water partition coefficient (Wildman–Crippen LogP) is 4.12. The molecule has 1 amide bonds. The molecule has 0 aliphatic heterocycles. The molecule has 0 aliphatic carbocycles. The van der Waals surface area contributed by atoms with Crippen LogP contribution in [0.2, 0.25) is 5.15 Å². The lowest BCUT2D eigenvalue weighted by molar-refractivity contribution is 0.0781. The summed E-state index contributed by atoms with van der Waals surface area (Å²) >= 11 is 6.45. The molecule has 0 fully saturated rings. The van der Waals surface area contributed by atoms with E-state index in [1.54, 1.807) is 26.1 Å². The van der Waals surface area contributed by atoms with Gasteiger partial charge in [-0.25, -0.2) is 14.1 Å². The van der Waals surface area contributed by atoms with Crippen LogP contribution in [0.1, 0.15) is 21.9 Å². The molecule has 2 aromatic heterocycles. The molecule has 142 valence electrons. The number of benzene rings is 2. The van der Waals surface area contributed by atoms with Crippen LogP contribution in [-0.4, -0.2) is 37.6 Å². The summed E-state index contributed by atoms with van der Waals surface area (Å²) < 4.78 is 14.6. The second-order valence-corrected chi connectivity index (χ2v) is 6.86. The van der Waals surface area contributed by atoms with E-state index < -0.39 is 0 Å². The van der Waals surface area contributed by atoms with Crippen LogP contribution in [0.5, 0.6) is 0 Å². The zero-order valence-corrected chi connectivity index (χ0v) is 16.0. The van der Waals surface area contributed by atoms with Crippen molar-refractivity contribution in [1.82, 2.24) is 24.6 Å². The Bertz CT molecular complexity index is 1130. The smallest absolute Gasteiger partial charge is 0.259 e. The largest absolute Gasteiger partial charge is 0.340 e. The van der Waals surface area contributed by atoms with Crippen LogP contribution in [0.4, 0.5) is 4.39 Å². The molecule has 0 radical (unpaired) electrons. The Morgan fingerprint density at radius 3 is 2.64 bits per heavy atom. The zero-order valence-electron chi connectivity index (χ0n) is 15.3. The molecular weight excluding hydrogens is 381 g/mol. The summed E-state index contributed by atoms with van der Waals surface area (Å²) in [5, 5.41) is 4.53. The molecule has 4 rings (SSSR count). The first-order valence-corrected chi connectivity index (χ1v) is 9.02. The third kappa shape index (κ3) is 3.25. The lowest BCUT2D eigenvalue weighted by Gasteiger charge is -2.15. The lowest BCUT2D eigenvalue weighted by Crippen LogP contribution is -2.27. The quantitative estimate of drug-likeness (QED) is 0.563. The number of amides is 1. The Hall–Kier alpha value is -3.19. The van der Waals surface area contributed by atoms with Gasteiger partial charge in [-0.15, -0.1) is 0 Å². The maximum absolute atomic E-state index is 13.2. The Morgan fingerprint density at radius 2 is 1.93 bits per heavy atom. The van der Waals surface area contributed by atoms with Crippen LogP contribution in [0.3, 0.4) is 0 Å². The molecule has 28 heavy (non-hydrogen) atoms. The summed E-state index contributed by atoms with van der Waals surface area (Å²) in [6, 6.07) is 13.4. The number of nitrogens with zero attached hydrogens (tertiary/aromatic N) is 4. The number of aromatic nitrogens is 4. The van der Waals surface area contributed by atoms with Gasteiger partial charge in [0.1, 0.15) is 16.8 Å². The number of para-hydroxylation sites is 2. The van der Waals surface area contributed by atoms with Crippen molar-refractivity contribution in [2.75, 3.05) is 7.05 Å². The maximum atomic E-state index is 13.2. The Balaban J connectivity index is 1.61. The van der Waals surface area contributed by atoms with Gasteiger partial charge >= 0.3 is 0 Å². The topological polar surface area (TPSA) is 66.8 Å². The second-order valence-electron chi connectivity index (χ2n) is 6.50. The molecule has 0 saturated heterocycles. The number of rotatable bonds is 4. The van der Waals surface area contributed by atoms with Crippen molar-refractivity contribution < 1.29 is 9.18 Å². The number of halogens is 2. The second kappa shape index (κ2) is 7.09. The van der Waals surface area contributed by atoms with E-state index in [9.17, 15) is 9.18 Å². The van der Waals surface area contributed by atoms with Crippen LogP contribution < -0.4 is 0 Å². The normalized spacial score (nSPS) is 11.1. The molecule has 2 heterocycles. The van der Waals surface area contributed by atoms with Crippen molar-refractivity contribution in [1.29, 1.82) is 0 Å². The SMILES string of the molecule is Cc1nn(-c2ccc(F)cc2)c(Cl)c1C(=O)N(C)Cc1nc2ccccc2[nH]1. The number of hydrogen-bond donors (Lipinski definition) is 1. The summed E-state index contributed by atoms with van der Waals surface area (Å²) in [7, 11) is 1.68. The first-order valence-electron chi connectivity index (χ1n) is 8.64. The number of H-pyrrole nitrogens is 1. The third-order valence-electron chi connectivity index (χ3n) is 4.46. The van der Waals surface area contributed by atoms with Crippen LogP contribution in [0.25, 0.3) is 16.7 Å². The Kier molecular flexibility index (Phi) is 4.60. The molecule has 0 saturated carbocycles. The van der Waals surface area contributed by atoms with Gasteiger partial charge in [-0.2, -0.15) is 5.10 Å². The van der Waals surface area contributed by atoms with Crippen molar-refractivity contribution in [3.63, 3.8) is 0 Å². The van der Waals surface area contributed by atoms with Gasteiger partial charge in [-0.05, 0) is 43.3 Å². The highest BCUT2D eigenvalue weighted by Gasteiger charge is 2.24. The molecule has 0 unspecified atom stereocenters. The molecule has 0 bridgehead atoms.